The number of amides is 2. The Morgan fingerprint density at radius 2 is 2.00 bits per heavy atom. The van der Waals surface area contributed by atoms with Crippen molar-refractivity contribution in [2.24, 2.45) is 5.92 Å². The van der Waals surface area contributed by atoms with Crippen molar-refractivity contribution in [3.05, 3.63) is 48.2 Å². The molecule has 0 radical (unpaired) electrons. The van der Waals surface area contributed by atoms with Crippen molar-refractivity contribution in [1.82, 2.24) is 9.29 Å². The lowest BCUT2D eigenvalue weighted by Crippen LogP contribution is -2.36. The molecule has 0 spiro atoms. The SMILES string of the molecule is C[C@H]1Cc2cc(S(=O)(=O)N(C)CC(=O)Nc3ccccn3)ccc2N1C(=O)C1CC1. The number of rotatable bonds is 6. The summed E-state index contributed by atoms with van der Waals surface area (Å²) in [5, 5.41) is 2.58. The van der Waals surface area contributed by atoms with Gasteiger partial charge in [-0.3, -0.25) is 9.59 Å². The zero-order chi connectivity index (χ0) is 21.5. The number of benzene rings is 1. The minimum absolute atomic E-state index is 0.00735. The van der Waals surface area contributed by atoms with E-state index in [-0.39, 0.29) is 29.3 Å². The maximum Gasteiger partial charge on any atom is 0.243 e. The molecule has 2 amide bonds. The molecule has 30 heavy (non-hydrogen) atoms. The van der Waals surface area contributed by atoms with Crippen LogP contribution in [0.3, 0.4) is 0 Å². The van der Waals surface area contributed by atoms with Crippen molar-refractivity contribution in [3.63, 3.8) is 0 Å². The number of aromatic nitrogens is 1. The van der Waals surface area contributed by atoms with Gasteiger partial charge in [-0.15, -0.1) is 0 Å². The molecule has 2 heterocycles. The van der Waals surface area contributed by atoms with Gasteiger partial charge < -0.3 is 10.2 Å². The fraction of sp³-hybridized carbons (Fsp3) is 0.381. The molecule has 1 aromatic heterocycles. The number of hydrogen-bond acceptors (Lipinski definition) is 5. The third-order valence-electron chi connectivity index (χ3n) is 5.44. The molecule has 1 aromatic carbocycles. The maximum atomic E-state index is 13.0. The van der Waals surface area contributed by atoms with Crippen LogP contribution >= 0.6 is 0 Å². The number of nitrogens with one attached hydrogen (secondary N) is 1. The van der Waals surface area contributed by atoms with E-state index in [0.29, 0.717) is 12.2 Å². The van der Waals surface area contributed by atoms with Crippen LogP contribution in [0.25, 0.3) is 0 Å². The van der Waals surface area contributed by atoms with Gasteiger partial charge in [-0.1, -0.05) is 6.07 Å². The van der Waals surface area contributed by atoms with Crippen LogP contribution in [0.2, 0.25) is 0 Å². The van der Waals surface area contributed by atoms with E-state index in [1.807, 2.05) is 6.92 Å². The Morgan fingerprint density at radius 3 is 2.67 bits per heavy atom. The number of hydrogen-bond donors (Lipinski definition) is 1. The summed E-state index contributed by atoms with van der Waals surface area (Å²) >= 11 is 0. The normalized spacial score (nSPS) is 18.4. The third kappa shape index (κ3) is 3.95. The van der Waals surface area contributed by atoms with Gasteiger partial charge >= 0.3 is 0 Å². The van der Waals surface area contributed by atoms with Gasteiger partial charge in [0, 0.05) is 30.9 Å². The van der Waals surface area contributed by atoms with Crippen LogP contribution in [-0.4, -0.2) is 49.2 Å². The van der Waals surface area contributed by atoms with Gasteiger partial charge in [-0.25, -0.2) is 13.4 Å². The number of nitrogens with zero attached hydrogens (tertiary/aromatic N) is 3. The summed E-state index contributed by atoms with van der Waals surface area (Å²) in [6, 6.07) is 9.91. The lowest BCUT2D eigenvalue weighted by atomic mass is 10.1. The molecule has 1 atom stereocenters. The number of carbonyl (C=O) groups is 2. The second kappa shape index (κ2) is 7.81. The zero-order valence-electron chi connectivity index (χ0n) is 16.9. The molecular weight excluding hydrogens is 404 g/mol. The van der Waals surface area contributed by atoms with Crippen molar-refractivity contribution < 1.29 is 18.0 Å². The lowest BCUT2D eigenvalue weighted by Gasteiger charge is -2.23. The van der Waals surface area contributed by atoms with Gasteiger partial charge in [-0.2, -0.15) is 4.31 Å². The van der Waals surface area contributed by atoms with Gasteiger partial charge in [0.25, 0.3) is 0 Å². The summed E-state index contributed by atoms with van der Waals surface area (Å²) in [7, 11) is -2.49. The summed E-state index contributed by atoms with van der Waals surface area (Å²) in [5.74, 6) is 0.113. The average molecular weight is 429 g/mol. The smallest absolute Gasteiger partial charge is 0.243 e. The van der Waals surface area contributed by atoms with E-state index in [1.165, 1.54) is 13.1 Å². The van der Waals surface area contributed by atoms with Crippen LogP contribution in [0, 0.1) is 5.92 Å². The van der Waals surface area contributed by atoms with Gasteiger partial charge in [-0.05, 0) is 62.1 Å². The highest BCUT2D eigenvalue weighted by Gasteiger charge is 2.40. The van der Waals surface area contributed by atoms with E-state index in [4.69, 9.17) is 0 Å². The molecule has 1 aliphatic carbocycles. The molecule has 1 N–H and O–H groups in total. The van der Waals surface area contributed by atoms with E-state index >= 15 is 0 Å². The molecule has 2 aliphatic rings. The first-order valence-corrected chi connectivity index (χ1v) is 11.3. The highest BCUT2D eigenvalue weighted by molar-refractivity contribution is 7.89. The monoisotopic (exact) mass is 428 g/mol. The van der Waals surface area contributed by atoms with Gasteiger partial charge in [0.15, 0.2) is 0 Å². The van der Waals surface area contributed by atoms with Gasteiger partial charge in [0.1, 0.15) is 5.82 Å². The number of anilines is 2. The van der Waals surface area contributed by atoms with Crippen molar-refractivity contribution in [2.45, 2.75) is 37.1 Å². The van der Waals surface area contributed by atoms with Crippen LogP contribution in [0.1, 0.15) is 25.3 Å². The summed E-state index contributed by atoms with van der Waals surface area (Å²) in [4.78, 5) is 30.7. The molecule has 1 aliphatic heterocycles. The topological polar surface area (TPSA) is 99.7 Å². The number of carbonyl (C=O) groups excluding carboxylic acids is 2. The minimum Gasteiger partial charge on any atom is -0.310 e. The summed E-state index contributed by atoms with van der Waals surface area (Å²) in [5.41, 5.74) is 1.62. The van der Waals surface area contributed by atoms with Crippen molar-refractivity contribution >= 4 is 33.3 Å². The van der Waals surface area contributed by atoms with Crippen molar-refractivity contribution in [2.75, 3.05) is 23.8 Å². The molecule has 1 saturated carbocycles. The Bertz CT molecular complexity index is 1080. The van der Waals surface area contributed by atoms with E-state index in [1.54, 1.807) is 41.4 Å². The number of sulfonamides is 1. The molecular formula is C21H24N4O4S. The Hall–Kier alpha value is -2.78. The summed E-state index contributed by atoms with van der Waals surface area (Å²) < 4.78 is 27.0. The van der Waals surface area contributed by atoms with E-state index in [9.17, 15) is 18.0 Å². The van der Waals surface area contributed by atoms with Crippen molar-refractivity contribution in [3.8, 4) is 0 Å². The standard InChI is InChI=1S/C21H24N4O4S/c1-14-11-16-12-17(8-9-18(16)25(14)21(27)15-6-7-15)30(28,29)24(2)13-20(26)23-19-5-3-4-10-22-19/h3-5,8-10,12,14-15H,6-7,11,13H2,1-2H3,(H,22,23,26)/t14-/m0/s1. The van der Waals surface area contributed by atoms with Crippen molar-refractivity contribution in [1.29, 1.82) is 0 Å². The Kier molecular flexibility index (Phi) is 5.33. The van der Waals surface area contributed by atoms with E-state index in [0.717, 1.165) is 28.4 Å². The van der Waals surface area contributed by atoms with E-state index < -0.39 is 15.9 Å². The second-order valence-corrected chi connectivity index (χ2v) is 9.90. The molecule has 9 heteroatoms. The van der Waals surface area contributed by atoms with E-state index in [2.05, 4.69) is 10.3 Å². The lowest BCUT2D eigenvalue weighted by molar-refractivity contribution is -0.120. The maximum absolute atomic E-state index is 13.0. The molecule has 158 valence electrons. The predicted octanol–water partition coefficient (Wildman–Crippen LogP) is 2.03. The molecule has 2 aromatic rings. The first-order chi connectivity index (χ1) is 14.3. The summed E-state index contributed by atoms with van der Waals surface area (Å²) in [6.07, 6.45) is 4.00. The number of likely N-dealkylation sites (N-methyl/N-ethyl adjacent to an activating group) is 1. The predicted molar refractivity (Wildman–Crippen MR) is 113 cm³/mol. The average Bonchev–Trinajstić information content (AvgIpc) is 3.50. The molecule has 0 bridgehead atoms. The van der Waals surface area contributed by atoms with Crippen LogP contribution in [0.5, 0.6) is 0 Å². The first kappa shape index (κ1) is 20.5. The molecule has 4 rings (SSSR count). The Labute approximate surface area is 175 Å². The second-order valence-electron chi connectivity index (χ2n) is 7.85. The van der Waals surface area contributed by atoms with Crippen LogP contribution in [-0.2, 0) is 26.0 Å². The Morgan fingerprint density at radius 1 is 1.23 bits per heavy atom. The van der Waals surface area contributed by atoms with Crippen LogP contribution < -0.4 is 10.2 Å². The Balaban J connectivity index is 1.49. The zero-order valence-corrected chi connectivity index (χ0v) is 17.7. The quantitative estimate of drug-likeness (QED) is 0.759. The molecule has 0 saturated heterocycles. The fourth-order valence-corrected chi connectivity index (χ4v) is 4.90. The molecule has 8 nitrogen and oxygen atoms in total. The van der Waals surface area contributed by atoms with Gasteiger partial charge in [0.2, 0.25) is 21.8 Å². The first-order valence-electron chi connectivity index (χ1n) is 9.90. The van der Waals surface area contributed by atoms with Crippen LogP contribution in [0.4, 0.5) is 11.5 Å². The highest BCUT2D eigenvalue weighted by Crippen LogP contribution is 2.39. The molecule has 0 unspecified atom stereocenters. The van der Waals surface area contributed by atoms with Gasteiger partial charge in [0.05, 0.1) is 11.4 Å². The number of pyridine rings is 1. The fourth-order valence-electron chi connectivity index (χ4n) is 3.72. The minimum atomic E-state index is -3.86. The summed E-state index contributed by atoms with van der Waals surface area (Å²) in [6.45, 7) is 1.64. The molecule has 1 fully saturated rings. The third-order valence-corrected chi connectivity index (χ3v) is 7.24. The van der Waals surface area contributed by atoms with Crippen LogP contribution in [0.15, 0.2) is 47.5 Å². The highest BCUT2D eigenvalue weighted by atomic mass is 32.2. The largest absolute Gasteiger partial charge is 0.310 e. The number of fused-ring (bicyclic) bond motifs is 1.